The van der Waals surface area contributed by atoms with Crippen LogP contribution in [0.1, 0.15) is 38.2 Å². The van der Waals surface area contributed by atoms with E-state index in [1.54, 1.807) is 6.92 Å². The number of carbonyl (C=O) groups is 1. The van der Waals surface area contributed by atoms with Gasteiger partial charge in [0.25, 0.3) is 0 Å². The molecule has 1 amide bonds. The Kier molecular flexibility index (Phi) is 4.25. The third-order valence-electron chi connectivity index (χ3n) is 4.73. The van der Waals surface area contributed by atoms with Gasteiger partial charge in [-0.05, 0) is 37.5 Å². The Morgan fingerprint density at radius 2 is 1.95 bits per heavy atom. The van der Waals surface area contributed by atoms with Crippen LogP contribution in [-0.2, 0) is 10.2 Å². The molecule has 0 bridgehead atoms. The lowest BCUT2D eigenvalue weighted by molar-refractivity contribution is -0.122. The van der Waals surface area contributed by atoms with Crippen LogP contribution < -0.4 is 20.5 Å². The molecule has 1 aliphatic heterocycles. The van der Waals surface area contributed by atoms with E-state index >= 15 is 0 Å². The minimum atomic E-state index is -0.473. The fraction of sp³-hybridized carbons (Fsp3) is 0.588. The lowest BCUT2D eigenvalue weighted by atomic mass is 9.78. The second-order valence-electron chi connectivity index (χ2n) is 6.35. The standard InChI is InChI=1S/C17H24N2O3/c1-12(18)16(20)19-11-17(6-2-3-7-17)13-4-5-14-15(10-13)22-9-8-21-14/h4-5,10,12H,2-3,6-9,11,18H2,1H3,(H,19,20)/t12-/m0/s1. The topological polar surface area (TPSA) is 73.6 Å². The normalized spacial score (nSPS) is 20.5. The summed E-state index contributed by atoms with van der Waals surface area (Å²) < 4.78 is 11.3. The van der Waals surface area contributed by atoms with Gasteiger partial charge in [0.2, 0.25) is 5.91 Å². The zero-order valence-corrected chi connectivity index (χ0v) is 13.1. The molecular weight excluding hydrogens is 280 g/mol. The number of amides is 1. The number of hydrogen-bond acceptors (Lipinski definition) is 4. The highest BCUT2D eigenvalue weighted by Crippen LogP contribution is 2.43. The van der Waals surface area contributed by atoms with Gasteiger partial charge in [0.1, 0.15) is 13.2 Å². The molecule has 0 aromatic heterocycles. The van der Waals surface area contributed by atoms with Crippen LogP contribution in [0, 0.1) is 0 Å². The Hall–Kier alpha value is -1.75. The summed E-state index contributed by atoms with van der Waals surface area (Å²) in [6.45, 7) is 3.53. The summed E-state index contributed by atoms with van der Waals surface area (Å²) in [5, 5.41) is 3.01. The molecule has 5 nitrogen and oxygen atoms in total. The van der Waals surface area contributed by atoms with E-state index in [0.717, 1.165) is 24.3 Å². The molecule has 1 fully saturated rings. The lowest BCUT2D eigenvalue weighted by Gasteiger charge is -2.31. The molecule has 1 aliphatic carbocycles. The lowest BCUT2D eigenvalue weighted by Crippen LogP contribution is -2.45. The van der Waals surface area contributed by atoms with E-state index in [0.29, 0.717) is 19.8 Å². The van der Waals surface area contributed by atoms with Crippen LogP contribution >= 0.6 is 0 Å². The molecule has 1 atom stereocenters. The number of nitrogens with one attached hydrogen (secondary N) is 1. The highest BCUT2D eigenvalue weighted by atomic mass is 16.6. The van der Waals surface area contributed by atoms with Crippen molar-refractivity contribution in [2.45, 2.75) is 44.1 Å². The van der Waals surface area contributed by atoms with Gasteiger partial charge in [0.15, 0.2) is 11.5 Å². The first-order chi connectivity index (χ1) is 10.6. The van der Waals surface area contributed by atoms with E-state index < -0.39 is 6.04 Å². The van der Waals surface area contributed by atoms with Crippen LogP contribution in [-0.4, -0.2) is 31.7 Å². The zero-order chi connectivity index (χ0) is 15.6. The average Bonchev–Trinajstić information content (AvgIpc) is 3.02. The van der Waals surface area contributed by atoms with Crippen molar-refractivity contribution in [2.75, 3.05) is 19.8 Å². The van der Waals surface area contributed by atoms with E-state index in [1.165, 1.54) is 18.4 Å². The van der Waals surface area contributed by atoms with Crippen molar-refractivity contribution in [1.82, 2.24) is 5.32 Å². The summed E-state index contributed by atoms with van der Waals surface area (Å²) in [4.78, 5) is 11.8. The molecule has 1 heterocycles. The Bertz CT molecular complexity index is 551. The highest BCUT2D eigenvalue weighted by Gasteiger charge is 2.37. The van der Waals surface area contributed by atoms with Gasteiger partial charge in [-0.25, -0.2) is 0 Å². The Balaban J connectivity index is 1.82. The monoisotopic (exact) mass is 304 g/mol. The highest BCUT2D eigenvalue weighted by molar-refractivity contribution is 5.81. The zero-order valence-electron chi connectivity index (χ0n) is 13.1. The quantitative estimate of drug-likeness (QED) is 0.888. The minimum absolute atomic E-state index is 0.0135. The average molecular weight is 304 g/mol. The summed E-state index contributed by atoms with van der Waals surface area (Å²) in [7, 11) is 0. The molecule has 0 unspecified atom stereocenters. The van der Waals surface area contributed by atoms with Crippen LogP contribution in [0.4, 0.5) is 0 Å². The van der Waals surface area contributed by atoms with Gasteiger partial charge < -0.3 is 20.5 Å². The van der Waals surface area contributed by atoms with Crippen molar-refractivity contribution in [3.05, 3.63) is 23.8 Å². The van der Waals surface area contributed by atoms with Gasteiger partial charge >= 0.3 is 0 Å². The van der Waals surface area contributed by atoms with Crippen LogP contribution in [0.5, 0.6) is 11.5 Å². The van der Waals surface area contributed by atoms with Crippen molar-refractivity contribution < 1.29 is 14.3 Å². The maximum atomic E-state index is 11.8. The summed E-state index contributed by atoms with van der Waals surface area (Å²) in [6, 6.07) is 5.70. The Morgan fingerprint density at radius 3 is 2.64 bits per heavy atom. The number of fused-ring (bicyclic) bond motifs is 1. The van der Waals surface area contributed by atoms with Gasteiger partial charge in [0, 0.05) is 12.0 Å². The van der Waals surface area contributed by atoms with Crippen LogP contribution in [0.2, 0.25) is 0 Å². The van der Waals surface area contributed by atoms with Crippen LogP contribution in [0.15, 0.2) is 18.2 Å². The molecule has 0 spiro atoms. The van der Waals surface area contributed by atoms with Crippen molar-refractivity contribution >= 4 is 5.91 Å². The second kappa shape index (κ2) is 6.16. The van der Waals surface area contributed by atoms with E-state index in [1.807, 2.05) is 6.07 Å². The molecule has 3 rings (SSSR count). The fourth-order valence-electron chi connectivity index (χ4n) is 3.41. The number of hydrogen-bond donors (Lipinski definition) is 2. The number of benzene rings is 1. The minimum Gasteiger partial charge on any atom is -0.486 e. The van der Waals surface area contributed by atoms with Gasteiger partial charge in [0.05, 0.1) is 6.04 Å². The number of nitrogens with two attached hydrogens (primary N) is 1. The van der Waals surface area contributed by atoms with Crippen molar-refractivity contribution in [3.8, 4) is 11.5 Å². The van der Waals surface area contributed by atoms with E-state index in [4.69, 9.17) is 15.2 Å². The predicted molar refractivity (Wildman–Crippen MR) is 84.2 cm³/mol. The molecule has 22 heavy (non-hydrogen) atoms. The second-order valence-corrected chi connectivity index (χ2v) is 6.35. The third-order valence-corrected chi connectivity index (χ3v) is 4.73. The summed E-state index contributed by atoms with van der Waals surface area (Å²) >= 11 is 0. The number of rotatable bonds is 4. The molecule has 2 aliphatic rings. The molecule has 1 saturated carbocycles. The van der Waals surface area contributed by atoms with Crippen LogP contribution in [0.3, 0.4) is 0 Å². The van der Waals surface area contributed by atoms with Gasteiger partial charge in [-0.15, -0.1) is 0 Å². The third kappa shape index (κ3) is 2.90. The Labute approximate surface area is 131 Å². The molecule has 120 valence electrons. The first-order valence-electron chi connectivity index (χ1n) is 8.04. The summed E-state index contributed by atoms with van der Waals surface area (Å²) in [6.07, 6.45) is 4.52. The molecule has 0 radical (unpaired) electrons. The first-order valence-corrected chi connectivity index (χ1v) is 8.04. The number of ether oxygens (including phenoxy) is 2. The largest absolute Gasteiger partial charge is 0.486 e. The van der Waals surface area contributed by atoms with E-state index in [2.05, 4.69) is 17.4 Å². The van der Waals surface area contributed by atoms with E-state index in [9.17, 15) is 4.79 Å². The maximum Gasteiger partial charge on any atom is 0.236 e. The van der Waals surface area contributed by atoms with E-state index in [-0.39, 0.29) is 11.3 Å². The SMILES string of the molecule is C[C@H](N)C(=O)NCC1(c2ccc3c(c2)OCCO3)CCCC1. The van der Waals surface area contributed by atoms with Gasteiger partial charge in [-0.2, -0.15) is 0 Å². The summed E-state index contributed by atoms with van der Waals surface area (Å²) in [5.74, 6) is 1.53. The van der Waals surface area contributed by atoms with Crippen molar-refractivity contribution in [2.24, 2.45) is 5.73 Å². The maximum absolute atomic E-state index is 11.8. The predicted octanol–water partition coefficient (Wildman–Crippen LogP) is 1.73. The van der Waals surface area contributed by atoms with Gasteiger partial charge in [-0.1, -0.05) is 18.9 Å². The number of carbonyl (C=O) groups excluding carboxylic acids is 1. The molecule has 1 aromatic rings. The fourth-order valence-corrected chi connectivity index (χ4v) is 3.41. The molecule has 3 N–H and O–H groups in total. The molecule has 5 heteroatoms. The smallest absolute Gasteiger partial charge is 0.236 e. The van der Waals surface area contributed by atoms with Crippen molar-refractivity contribution in [1.29, 1.82) is 0 Å². The first kappa shape index (κ1) is 15.2. The molecule has 1 aromatic carbocycles. The van der Waals surface area contributed by atoms with Crippen molar-refractivity contribution in [3.63, 3.8) is 0 Å². The molecular formula is C17H24N2O3. The van der Waals surface area contributed by atoms with Crippen LogP contribution in [0.25, 0.3) is 0 Å². The molecule has 0 saturated heterocycles. The summed E-state index contributed by atoms with van der Waals surface area (Å²) in [5.41, 5.74) is 6.85. The van der Waals surface area contributed by atoms with Gasteiger partial charge in [-0.3, -0.25) is 4.79 Å². The Morgan fingerprint density at radius 1 is 1.27 bits per heavy atom.